The number of unbranched alkanes of at least 4 members (excludes halogenated alkanes) is 10. The molecule has 0 radical (unpaired) electrons. The highest BCUT2D eigenvalue weighted by Crippen LogP contribution is 2.34. The van der Waals surface area contributed by atoms with Gasteiger partial charge in [-0.3, -0.25) is 0 Å². The van der Waals surface area contributed by atoms with Gasteiger partial charge in [-0.05, 0) is 25.0 Å². The van der Waals surface area contributed by atoms with E-state index in [2.05, 4.69) is 34.3 Å². The first-order valence-electron chi connectivity index (χ1n) is 13.2. The number of halogens is 2. The molecule has 218 valence electrons. The number of rotatable bonds is 20. The molecule has 0 bridgehead atoms. The van der Waals surface area contributed by atoms with Crippen molar-refractivity contribution in [2.24, 2.45) is 43.3 Å². The van der Waals surface area contributed by atoms with E-state index in [1.807, 2.05) is 12.1 Å². The van der Waals surface area contributed by atoms with Crippen LogP contribution in [0.15, 0.2) is 32.5 Å². The van der Waals surface area contributed by atoms with Crippen LogP contribution in [-0.4, -0.2) is 37.6 Å². The molecular formula is C26H48Cl2N8O2. The van der Waals surface area contributed by atoms with Crippen molar-refractivity contribution in [1.82, 2.24) is 0 Å². The summed E-state index contributed by atoms with van der Waals surface area (Å²) in [7, 11) is 0. The fourth-order valence-electron chi connectivity index (χ4n) is 3.52. The minimum Gasteiger partial charge on any atom is -0.489 e. The van der Waals surface area contributed by atoms with Gasteiger partial charge in [0.1, 0.15) is 0 Å². The van der Waals surface area contributed by atoms with Gasteiger partial charge in [-0.15, -0.1) is 35.0 Å². The minimum absolute atomic E-state index is 0. The summed E-state index contributed by atoms with van der Waals surface area (Å²) in [6.07, 6.45) is 17.1. The number of nitrogens with two attached hydrogens (primary N) is 4. The molecule has 1 rings (SSSR count). The first kappa shape index (κ1) is 37.4. The Labute approximate surface area is 240 Å². The molecule has 0 unspecified atom stereocenters. The fourth-order valence-corrected chi connectivity index (χ4v) is 3.52. The Morgan fingerprint density at radius 1 is 0.605 bits per heavy atom. The van der Waals surface area contributed by atoms with Crippen molar-refractivity contribution in [3.63, 3.8) is 0 Å². The Bertz CT molecular complexity index is 787. The Kier molecular flexibility index (Phi) is 24.2. The maximum Gasteiger partial charge on any atom is 0.211 e. The van der Waals surface area contributed by atoms with E-state index >= 15 is 0 Å². The molecule has 0 aliphatic heterocycles. The van der Waals surface area contributed by atoms with Crippen molar-refractivity contribution in [1.29, 1.82) is 0 Å². The standard InChI is InChI=1S/C26H46N8O2.2ClH/c1-3-5-7-9-11-13-17-35-23-21(19-31-33-25(27)28)15-16-22(20-32-34-26(29)30)24(23)36-18-14-12-10-8-6-4-2;;/h15-16,19-20H,3-14,17-18H2,1-2H3,(H4,27,28,33)(H4,29,30,34);2*1H/b31-19+,32-20+;;. The molecule has 1 aromatic carbocycles. The van der Waals surface area contributed by atoms with Crippen LogP contribution in [0.2, 0.25) is 0 Å². The Hall–Kier alpha value is -2.72. The van der Waals surface area contributed by atoms with Crippen LogP contribution in [0.5, 0.6) is 11.5 Å². The second-order valence-corrected chi connectivity index (χ2v) is 8.67. The number of nitrogens with zero attached hydrogens (tertiary/aromatic N) is 4. The van der Waals surface area contributed by atoms with Gasteiger partial charge in [0.05, 0.1) is 25.6 Å². The number of ether oxygens (including phenoxy) is 2. The predicted octanol–water partition coefficient (Wildman–Crippen LogP) is 5.22. The van der Waals surface area contributed by atoms with Crippen LogP contribution in [-0.2, 0) is 0 Å². The molecule has 10 nitrogen and oxygen atoms in total. The summed E-state index contributed by atoms with van der Waals surface area (Å²) in [6, 6.07) is 3.69. The van der Waals surface area contributed by atoms with E-state index in [0.29, 0.717) is 35.8 Å². The largest absolute Gasteiger partial charge is 0.489 e. The molecule has 0 atom stereocenters. The van der Waals surface area contributed by atoms with E-state index < -0.39 is 0 Å². The van der Waals surface area contributed by atoms with Crippen molar-refractivity contribution in [2.45, 2.75) is 90.9 Å². The van der Waals surface area contributed by atoms with Gasteiger partial charge in [0.25, 0.3) is 0 Å². The second kappa shape index (κ2) is 24.6. The van der Waals surface area contributed by atoms with Crippen LogP contribution in [0.4, 0.5) is 0 Å². The van der Waals surface area contributed by atoms with Crippen molar-refractivity contribution in [3.8, 4) is 11.5 Å². The average molecular weight is 576 g/mol. The first-order valence-corrected chi connectivity index (χ1v) is 13.2. The molecule has 0 aliphatic rings. The highest BCUT2D eigenvalue weighted by Gasteiger charge is 2.15. The van der Waals surface area contributed by atoms with Crippen molar-refractivity contribution < 1.29 is 9.47 Å². The number of hydrogen-bond acceptors (Lipinski definition) is 6. The summed E-state index contributed by atoms with van der Waals surface area (Å²) in [5.74, 6) is 0.887. The lowest BCUT2D eigenvalue weighted by molar-refractivity contribution is 0.258. The fraction of sp³-hybridized carbons (Fsp3) is 0.615. The van der Waals surface area contributed by atoms with Gasteiger partial charge in [0, 0.05) is 11.1 Å². The zero-order valence-electron chi connectivity index (χ0n) is 22.9. The summed E-state index contributed by atoms with van der Waals surface area (Å²) in [4.78, 5) is 0. The quantitative estimate of drug-likeness (QED) is 0.0718. The van der Waals surface area contributed by atoms with Crippen LogP contribution in [0.25, 0.3) is 0 Å². The van der Waals surface area contributed by atoms with E-state index in [9.17, 15) is 0 Å². The molecule has 0 fully saturated rings. The number of guanidine groups is 2. The Balaban J connectivity index is 0. The van der Waals surface area contributed by atoms with Gasteiger partial charge in [0.15, 0.2) is 11.5 Å². The summed E-state index contributed by atoms with van der Waals surface area (Å²) in [5, 5.41) is 15.3. The predicted molar refractivity (Wildman–Crippen MR) is 165 cm³/mol. The van der Waals surface area contributed by atoms with Crippen LogP contribution >= 0.6 is 24.8 Å². The van der Waals surface area contributed by atoms with E-state index in [1.54, 1.807) is 12.4 Å². The van der Waals surface area contributed by atoms with Gasteiger partial charge in [-0.1, -0.05) is 78.1 Å². The molecule has 0 spiro atoms. The Morgan fingerprint density at radius 3 is 1.29 bits per heavy atom. The van der Waals surface area contributed by atoms with Crippen molar-refractivity contribution in [2.75, 3.05) is 13.2 Å². The summed E-state index contributed by atoms with van der Waals surface area (Å²) in [5.41, 5.74) is 23.0. The van der Waals surface area contributed by atoms with Crippen LogP contribution in [0.3, 0.4) is 0 Å². The first-order chi connectivity index (χ1) is 17.5. The molecule has 0 saturated heterocycles. The molecule has 0 saturated carbocycles. The van der Waals surface area contributed by atoms with Gasteiger partial charge < -0.3 is 32.4 Å². The summed E-state index contributed by atoms with van der Waals surface area (Å²) >= 11 is 0. The van der Waals surface area contributed by atoms with Crippen LogP contribution < -0.4 is 32.4 Å². The monoisotopic (exact) mass is 574 g/mol. The molecule has 12 heteroatoms. The third kappa shape index (κ3) is 17.7. The highest BCUT2D eigenvalue weighted by atomic mass is 35.5. The summed E-state index contributed by atoms with van der Waals surface area (Å²) in [6.45, 7) is 5.53. The van der Waals surface area contributed by atoms with Crippen molar-refractivity contribution in [3.05, 3.63) is 23.3 Å². The van der Waals surface area contributed by atoms with E-state index in [1.165, 1.54) is 51.4 Å². The Morgan fingerprint density at radius 2 is 0.947 bits per heavy atom. The lowest BCUT2D eigenvalue weighted by Crippen LogP contribution is -2.21. The van der Waals surface area contributed by atoms with E-state index in [4.69, 9.17) is 32.4 Å². The average Bonchev–Trinajstić information content (AvgIpc) is 2.84. The molecule has 1 aromatic rings. The van der Waals surface area contributed by atoms with E-state index in [-0.39, 0.29) is 36.7 Å². The SMILES string of the molecule is CCCCCCCCOc1c(/C=N/N=C(N)N)ccc(/C=N/N=C(N)N)c1OCCCCCCCC.Cl.Cl. The van der Waals surface area contributed by atoms with Gasteiger partial charge >= 0.3 is 0 Å². The zero-order valence-corrected chi connectivity index (χ0v) is 24.6. The van der Waals surface area contributed by atoms with E-state index in [0.717, 1.165) is 25.7 Å². The van der Waals surface area contributed by atoms with Crippen LogP contribution in [0.1, 0.15) is 102 Å². The third-order valence-corrected chi connectivity index (χ3v) is 5.40. The molecule has 0 amide bonds. The maximum atomic E-state index is 6.24. The molecule has 0 aromatic heterocycles. The second-order valence-electron chi connectivity index (χ2n) is 8.67. The molecule has 8 N–H and O–H groups in total. The lowest BCUT2D eigenvalue weighted by Gasteiger charge is -2.17. The maximum absolute atomic E-state index is 6.24. The van der Waals surface area contributed by atoms with Crippen LogP contribution in [0, 0.1) is 0 Å². The smallest absolute Gasteiger partial charge is 0.211 e. The zero-order chi connectivity index (χ0) is 26.4. The van der Waals surface area contributed by atoms with Gasteiger partial charge in [0.2, 0.25) is 11.9 Å². The molecule has 0 heterocycles. The normalized spacial score (nSPS) is 10.6. The number of hydrogen-bond donors (Lipinski definition) is 4. The lowest BCUT2D eigenvalue weighted by atomic mass is 10.1. The van der Waals surface area contributed by atoms with Gasteiger partial charge in [-0.25, -0.2) is 0 Å². The summed E-state index contributed by atoms with van der Waals surface area (Å²) < 4.78 is 12.5. The highest BCUT2D eigenvalue weighted by molar-refractivity contribution is 5.92. The molecule has 38 heavy (non-hydrogen) atoms. The van der Waals surface area contributed by atoms with Gasteiger partial charge in [-0.2, -0.15) is 10.2 Å². The van der Waals surface area contributed by atoms with Crippen molar-refractivity contribution >= 4 is 49.2 Å². The minimum atomic E-state index is -0.124. The topological polar surface area (TPSA) is 172 Å². The number of benzene rings is 1. The third-order valence-electron chi connectivity index (χ3n) is 5.40. The molecular weight excluding hydrogens is 527 g/mol. The molecule has 0 aliphatic carbocycles.